The summed E-state index contributed by atoms with van der Waals surface area (Å²) in [6.45, 7) is 0. The third-order valence-corrected chi connectivity index (χ3v) is 5.39. The molecule has 0 unspecified atom stereocenters. The number of sulfonamides is 1. The van der Waals surface area contributed by atoms with E-state index in [1.807, 2.05) is 0 Å². The molecule has 0 bridgehead atoms. The van der Waals surface area contributed by atoms with Gasteiger partial charge in [-0.15, -0.1) is 0 Å². The largest absolute Gasteiger partial charge is 0.251 e. The quantitative estimate of drug-likeness (QED) is 0.901. The molecule has 1 aromatic carbocycles. The van der Waals surface area contributed by atoms with Gasteiger partial charge in [0.2, 0.25) is 10.0 Å². The van der Waals surface area contributed by atoms with Crippen LogP contribution in [0.2, 0.25) is 0 Å². The number of nitrogens with one attached hydrogen (secondary N) is 1. The van der Waals surface area contributed by atoms with Crippen molar-refractivity contribution in [1.29, 1.82) is 5.26 Å². The van der Waals surface area contributed by atoms with Crippen LogP contribution in [-0.4, -0.2) is 25.4 Å². The van der Waals surface area contributed by atoms with Gasteiger partial charge in [0.05, 0.1) is 10.6 Å². The van der Waals surface area contributed by atoms with E-state index in [4.69, 9.17) is 5.26 Å². The standard InChI is InChI=1S/C16H12F3N3O2S/c17-12-5-6-13(21-14(12)9-20)11-3-1-2-4-15(11)25(23,24)22-10-7-16(18,19)8-10/h1-6,10,22H,7-8H2. The summed E-state index contributed by atoms with van der Waals surface area (Å²) in [5.41, 5.74) is -0.216. The van der Waals surface area contributed by atoms with Gasteiger partial charge >= 0.3 is 0 Å². The van der Waals surface area contributed by atoms with E-state index in [2.05, 4.69) is 9.71 Å². The predicted octanol–water partition coefficient (Wildman–Crippen LogP) is 2.84. The van der Waals surface area contributed by atoms with Crippen LogP contribution in [-0.2, 0) is 10.0 Å². The fourth-order valence-electron chi connectivity index (χ4n) is 2.61. The molecular weight excluding hydrogens is 355 g/mol. The van der Waals surface area contributed by atoms with E-state index in [1.165, 1.54) is 24.3 Å². The SMILES string of the molecule is N#Cc1nc(-c2ccccc2S(=O)(=O)NC2CC(F)(F)C2)ccc1F. The summed E-state index contributed by atoms with van der Waals surface area (Å²) in [6.07, 6.45) is -1.11. The van der Waals surface area contributed by atoms with Gasteiger partial charge in [0.15, 0.2) is 11.5 Å². The molecule has 0 saturated heterocycles. The maximum Gasteiger partial charge on any atom is 0.251 e. The van der Waals surface area contributed by atoms with E-state index in [1.54, 1.807) is 12.1 Å². The Labute approximate surface area is 142 Å². The van der Waals surface area contributed by atoms with E-state index in [9.17, 15) is 21.6 Å². The van der Waals surface area contributed by atoms with E-state index < -0.39 is 46.3 Å². The van der Waals surface area contributed by atoms with Crippen LogP contribution in [0.5, 0.6) is 0 Å². The van der Waals surface area contributed by atoms with Crippen LogP contribution in [0.4, 0.5) is 13.2 Å². The Morgan fingerprint density at radius 3 is 2.52 bits per heavy atom. The molecule has 1 heterocycles. The van der Waals surface area contributed by atoms with Crippen LogP contribution in [0.1, 0.15) is 18.5 Å². The summed E-state index contributed by atoms with van der Waals surface area (Å²) in [4.78, 5) is 3.65. The average molecular weight is 367 g/mol. The number of pyridine rings is 1. The monoisotopic (exact) mass is 367 g/mol. The summed E-state index contributed by atoms with van der Waals surface area (Å²) in [7, 11) is -4.08. The van der Waals surface area contributed by atoms with E-state index >= 15 is 0 Å². The third kappa shape index (κ3) is 3.50. The highest BCUT2D eigenvalue weighted by Gasteiger charge is 2.47. The van der Waals surface area contributed by atoms with Crippen molar-refractivity contribution >= 4 is 10.0 Å². The molecule has 1 aliphatic carbocycles. The van der Waals surface area contributed by atoms with Crippen LogP contribution in [0.15, 0.2) is 41.3 Å². The van der Waals surface area contributed by atoms with Gasteiger partial charge in [-0.25, -0.2) is 31.3 Å². The number of halogens is 3. The average Bonchev–Trinajstić information content (AvgIpc) is 2.53. The number of hydrogen-bond donors (Lipinski definition) is 1. The van der Waals surface area contributed by atoms with Crippen LogP contribution in [0.3, 0.4) is 0 Å². The lowest BCUT2D eigenvalue weighted by Crippen LogP contribution is -2.50. The van der Waals surface area contributed by atoms with Gasteiger partial charge in [0.25, 0.3) is 5.92 Å². The minimum absolute atomic E-state index is 0.0952. The second kappa shape index (κ2) is 6.13. The van der Waals surface area contributed by atoms with Gasteiger partial charge in [0.1, 0.15) is 6.07 Å². The first-order valence-corrected chi connectivity index (χ1v) is 8.76. The molecule has 130 valence electrons. The topological polar surface area (TPSA) is 82.8 Å². The van der Waals surface area contributed by atoms with Crippen molar-refractivity contribution in [3.8, 4) is 17.3 Å². The number of alkyl halides is 2. The molecule has 1 N–H and O–H groups in total. The number of aromatic nitrogens is 1. The Morgan fingerprint density at radius 1 is 1.20 bits per heavy atom. The molecule has 0 atom stereocenters. The highest BCUT2D eigenvalue weighted by Crippen LogP contribution is 2.38. The van der Waals surface area contributed by atoms with Gasteiger partial charge in [-0.1, -0.05) is 18.2 Å². The molecule has 0 spiro atoms. The molecule has 1 fully saturated rings. The number of nitrogens with zero attached hydrogens (tertiary/aromatic N) is 2. The number of rotatable bonds is 4. The molecule has 2 aromatic rings. The minimum Gasteiger partial charge on any atom is -0.234 e. The molecule has 0 amide bonds. The number of benzene rings is 1. The first kappa shape index (κ1) is 17.4. The second-order valence-electron chi connectivity index (χ2n) is 5.72. The molecule has 1 aliphatic rings. The summed E-state index contributed by atoms with van der Waals surface area (Å²) in [6, 6.07) is 8.79. The molecule has 1 saturated carbocycles. The molecule has 9 heteroatoms. The summed E-state index contributed by atoms with van der Waals surface area (Å²) < 4.78 is 66.6. The van der Waals surface area contributed by atoms with Crippen LogP contribution >= 0.6 is 0 Å². The summed E-state index contributed by atoms with van der Waals surface area (Å²) in [5.74, 6) is -3.67. The molecule has 3 rings (SSSR count). The zero-order valence-electron chi connectivity index (χ0n) is 12.7. The third-order valence-electron chi connectivity index (χ3n) is 3.82. The van der Waals surface area contributed by atoms with Crippen molar-refractivity contribution < 1.29 is 21.6 Å². The van der Waals surface area contributed by atoms with E-state index in [-0.39, 0.29) is 16.2 Å². The molecule has 0 radical (unpaired) electrons. The Kier molecular flexibility index (Phi) is 4.26. The number of nitriles is 1. The van der Waals surface area contributed by atoms with Crippen molar-refractivity contribution in [1.82, 2.24) is 9.71 Å². The molecule has 1 aromatic heterocycles. The van der Waals surface area contributed by atoms with Crippen molar-refractivity contribution in [3.63, 3.8) is 0 Å². The fourth-order valence-corrected chi connectivity index (χ4v) is 4.06. The molecular formula is C16H12F3N3O2S. The van der Waals surface area contributed by atoms with Gasteiger partial charge in [-0.3, -0.25) is 0 Å². The van der Waals surface area contributed by atoms with Crippen LogP contribution in [0.25, 0.3) is 11.3 Å². The second-order valence-corrected chi connectivity index (χ2v) is 7.40. The van der Waals surface area contributed by atoms with Crippen LogP contribution < -0.4 is 4.72 Å². The summed E-state index contributed by atoms with van der Waals surface area (Å²) in [5, 5.41) is 8.87. The Bertz CT molecular complexity index is 963. The lowest BCUT2D eigenvalue weighted by Gasteiger charge is -2.35. The summed E-state index contributed by atoms with van der Waals surface area (Å²) >= 11 is 0. The first-order valence-electron chi connectivity index (χ1n) is 7.28. The zero-order chi connectivity index (χ0) is 18.2. The van der Waals surface area contributed by atoms with Gasteiger partial charge < -0.3 is 0 Å². The first-order chi connectivity index (χ1) is 11.7. The van der Waals surface area contributed by atoms with Crippen LogP contribution in [0, 0.1) is 17.1 Å². The van der Waals surface area contributed by atoms with Gasteiger partial charge in [-0.2, -0.15) is 5.26 Å². The van der Waals surface area contributed by atoms with Crippen molar-refractivity contribution in [3.05, 3.63) is 47.9 Å². The highest BCUT2D eigenvalue weighted by atomic mass is 32.2. The Morgan fingerprint density at radius 2 is 1.88 bits per heavy atom. The minimum atomic E-state index is -4.08. The molecule has 5 nitrogen and oxygen atoms in total. The lowest BCUT2D eigenvalue weighted by atomic mass is 9.89. The predicted molar refractivity (Wildman–Crippen MR) is 82.6 cm³/mol. The number of hydrogen-bond acceptors (Lipinski definition) is 4. The van der Waals surface area contributed by atoms with Gasteiger partial charge in [0, 0.05) is 24.4 Å². The van der Waals surface area contributed by atoms with Gasteiger partial charge in [-0.05, 0) is 18.2 Å². The highest BCUT2D eigenvalue weighted by molar-refractivity contribution is 7.89. The maximum absolute atomic E-state index is 13.4. The van der Waals surface area contributed by atoms with E-state index in [0.717, 1.165) is 6.07 Å². The smallest absolute Gasteiger partial charge is 0.234 e. The Balaban J connectivity index is 1.98. The lowest BCUT2D eigenvalue weighted by molar-refractivity contribution is -0.0876. The van der Waals surface area contributed by atoms with Crippen molar-refractivity contribution in [2.45, 2.75) is 29.7 Å². The van der Waals surface area contributed by atoms with Crippen molar-refractivity contribution in [2.75, 3.05) is 0 Å². The van der Waals surface area contributed by atoms with Crippen molar-refractivity contribution in [2.24, 2.45) is 0 Å². The Hall–Kier alpha value is -2.44. The normalized spacial score (nSPS) is 16.9. The molecule has 0 aliphatic heterocycles. The van der Waals surface area contributed by atoms with E-state index in [0.29, 0.717) is 0 Å². The molecule has 25 heavy (non-hydrogen) atoms. The fraction of sp³-hybridized carbons (Fsp3) is 0.250. The zero-order valence-corrected chi connectivity index (χ0v) is 13.5. The maximum atomic E-state index is 13.4.